The second-order valence-electron chi connectivity index (χ2n) is 2.85. The van der Waals surface area contributed by atoms with Crippen LogP contribution >= 0.6 is 0 Å². The second kappa shape index (κ2) is 3.59. The Kier molecular flexibility index (Phi) is 2.28. The van der Waals surface area contributed by atoms with Crippen molar-refractivity contribution in [2.75, 3.05) is 6.54 Å². The van der Waals surface area contributed by atoms with E-state index in [-0.39, 0.29) is 0 Å². The molecule has 0 saturated heterocycles. The summed E-state index contributed by atoms with van der Waals surface area (Å²) in [6, 6.07) is 0. The molecule has 6 heteroatoms. The van der Waals surface area contributed by atoms with E-state index in [0.29, 0.717) is 30.4 Å². The van der Waals surface area contributed by atoms with Crippen LogP contribution in [-0.4, -0.2) is 21.8 Å². The summed E-state index contributed by atoms with van der Waals surface area (Å²) >= 11 is 0. The highest BCUT2D eigenvalue weighted by atomic mass is 16.5. The maximum Gasteiger partial charge on any atom is 0.263 e. The van der Waals surface area contributed by atoms with Crippen LogP contribution in [0.5, 0.6) is 0 Å². The monoisotopic (exact) mass is 194 g/mol. The predicted molar refractivity (Wildman–Crippen MR) is 47.3 cm³/mol. The molecule has 2 heterocycles. The molecule has 0 aliphatic heterocycles. The summed E-state index contributed by atoms with van der Waals surface area (Å²) < 4.78 is 9.91. The first-order valence-corrected chi connectivity index (χ1v) is 4.25. The first-order chi connectivity index (χ1) is 6.81. The molecule has 0 saturated carbocycles. The standard InChI is InChI=1S/C8H10N4O2/c1-5-6(4-10-13-5)8-11-7(2-3-9)12-14-8/h4H,2-3,9H2,1H3. The van der Waals surface area contributed by atoms with E-state index >= 15 is 0 Å². The summed E-state index contributed by atoms with van der Waals surface area (Å²) in [4.78, 5) is 4.15. The number of aromatic nitrogens is 3. The molecule has 2 rings (SSSR count). The van der Waals surface area contributed by atoms with Crippen LogP contribution < -0.4 is 5.73 Å². The highest BCUT2D eigenvalue weighted by Gasteiger charge is 2.13. The summed E-state index contributed by atoms with van der Waals surface area (Å²) in [6.07, 6.45) is 2.16. The van der Waals surface area contributed by atoms with E-state index in [1.54, 1.807) is 13.1 Å². The zero-order valence-corrected chi connectivity index (χ0v) is 7.73. The van der Waals surface area contributed by atoms with Gasteiger partial charge < -0.3 is 14.8 Å². The van der Waals surface area contributed by atoms with Crippen LogP contribution in [0.2, 0.25) is 0 Å². The maximum absolute atomic E-state index is 5.37. The molecule has 0 atom stereocenters. The number of rotatable bonds is 3. The largest absolute Gasteiger partial charge is 0.361 e. The van der Waals surface area contributed by atoms with Gasteiger partial charge in [-0.25, -0.2) is 0 Å². The van der Waals surface area contributed by atoms with Crippen LogP contribution in [0.3, 0.4) is 0 Å². The van der Waals surface area contributed by atoms with Crippen LogP contribution in [-0.2, 0) is 6.42 Å². The van der Waals surface area contributed by atoms with Gasteiger partial charge in [-0.1, -0.05) is 10.3 Å². The van der Waals surface area contributed by atoms with Gasteiger partial charge in [0.1, 0.15) is 11.3 Å². The fourth-order valence-corrected chi connectivity index (χ4v) is 1.10. The van der Waals surface area contributed by atoms with Crippen molar-refractivity contribution in [3.63, 3.8) is 0 Å². The van der Waals surface area contributed by atoms with E-state index in [4.69, 9.17) is 14.8 Å². The Balaban J connectivity index is 2.29. The molecular weight excluding hydrogens is 184 g/mol. The number of nitrogens with zero attached hydrogens (tertiary/aromatic N) is 3. The van der Waals surface area contributed by atoms with Gasteiger partial charge in [0.25, 0.3) is 5.89 Å². The number of nitrogens with two attached hydrogens (primary N) is 1. The Labute approximate surface area is 80.1 Å². The van der Waals surface area contributed by atoms with Gasteiger partial charge in [-0.15, -0.1) is 0 Å². The first kappa shape index (κ1) is 8.89. The van der Waals surface area contributed by atoms with E-state index in [1.807, 2.05) is 0 Å². The molecule has 2 aromatic rings. The molecule has 2 N–H and O–H groups in total. The zero-order valence-electron chi connectivity index (χ0n) is 7.73. The van der Waals surface area contributed by atoms with Crippen molar-refractivity contribution in [3.05, 3.63) is 17.8 Å². The van der Waals surface area contributed by atoms with Gasteiger partial charge in [0.2, 0.25) is 0 Å². The summed E-state index contributed by atoms with van der Waals surface area (Å²) in [6.45, 7) is 2.29. The van der Waals surface area contributed by atoms with Gasteiger partial charge in [0.15, 0.2) is 5.82 Å². The minimum atomic E-state index is 0.423. The van der Waals surface area contributed by atoms with E-state index in [1.165, 1.54) is 0 Å². The SMILES string of the molecule is Cc1oncc1-c1nc(CCN)no1. The van der Waals surface area contributed by atoms with Gasteiger partial charge in [0, 0.05) is 6.42 Å². The first-order valence-electron chi connectivity index (χ1n) is 4.25. The fourth-order valence-electron chi connectivity index (χ4n) is 1.10. The third kappa shape index (κ3) is 1.51. The lowest BCUT2D eigenvalue weighted by Crippen LogP contribution is -2.03. The van der Waals surface area contributed by atoms with E-state index < -0.39 is 0 Å². The molecule has 2 aromatic heterocycles. The fraction of sp³-hybridized carbons (Fsp3) is 0.375. The normalized spacial score (nSPS) is 10.7. The molecule has 0 aliphatic carbocycles. The number of aryl methyl sites for hydroxylation is 1. The molecule has 0 spiro atoms. The van der Waals surface area contributed by atoms with Crippen molar-refractivity contribution < 1.29 is 9.05 Å². The van der Waals surface area contributed by atoms with Gasteiger partial charge >= 0.3 is 0 Å². The van der Waals surface area contributed by atoms with Crippen LogP contribution in [0.4, 0.5) is 0 Å². The van der Waals surface area contributed by atoms with Crippen LogP contribution in [0.25, 0.3) is 11.5 Å². The highest BCUT2D eigenvalue weighted by Crippen LogP contribution is 2.20. The van der Waals surface area contributed by atoms with Crippen molar-refractivity contribution in [1.29, 1.82) is 0 Å². The molecular formula is C8H10N4O2. The van der Waals surface area contributed by atoms with Crippen LogP contribution in [0.1, 0.15) is 11.6 Å². The van der Waals surface area contributed by atoms with E-state index in [0.717, 1.165) is 5.56 Å². The summed E-state index contributed by atoms with van der Waals surface area (Å²) in [7, 11) is 0. The predicted octanol–water partition coefficient (Wildman–Crippen LogP) is 0.534. The van der Waals surface area contributed by atoms with Crippen molar-refractivity contribution in [1.82, 2.24) is 15.3 Å². The molecule has 0 unspecified atom stereocenters. The smallest absolute Gasteiger partial charge is 0.263 e. The molecule has 14 heavy (non-hydrogen) atoms. The third-order valence-corrected chi connectivity index (χ3v) is 1.82. The van der Waals surface area contributed by atoms with Crippen molar-refractivity contribution in [2.24, 2.45) is 5.73 Å². The topological polar surface area (TPSA) is 91.0 Å². The molecule has 0 aromatic carbocycles. The summed E-state index contributed by atoms with van der Waals surface area (Å²) in [5, 5.41) is 7.39. The lowest BCUT2D eigenvalue weighted by molar-refractivity contribution is 0.395. The molecule has 0 aliphatic rings. The summed E-state index contributed by atoms with van der Waals surface area (Å²) in [5.74, 6) is 1.68. The molecule has 0 bridgehead atoms. The lowest BCUT2D eigenvalue weighted by Gasteiger charge is -1.86. The minimum absolute atomic E-state index is 0.423. The molecule has 0 amide bonds. The Morgan fingerprint density at radius 2 is 2.29 bits per heavy atom. The van der Waals surface area contributed by atoms with Crippen LogP contribution in [0.15, 0.2) is 15.2 Å². The molecule has 74 valence electrons. The Hall–Kier alpha value is -1.69. The van der Waals surface area contributed by atoms with Gasteiger partial charge in [-0.2, -0.15) is 4.98 Å². The zero-order chi connectivity index (χ0) is 9.97. The van der Waals surface area contributed by atoms with Gasteiger partial charge in [-0.3, -0.25) is 0 Å². The highest BCUT2D eigenvalue weighted by molar-refractivity contribution is 5.53. The summed E-state index contributed by atoms with van der Waals surface area (Å²) in [5.41, 5.74) is 6.09. The minimum Gasteiger partial charge on any atom is -0.361 e. The van der Waals surface area contributed by atoms with Gasteiger partial charge in [-0.05, 0) is 13.5 Å². The quantitative estimate of drug-likeness (QED) is 0.766. The average Bonchev–Trinajstić information content (AvgIpc) is 2.74. The third-order valence-electron chi connectivity index (χ3n) is 1.82. The van der Waals surface area contributed by atoms with Crippen LogP contribution in [0, 0.1) is 6.92 Å². The van der Waals surface area contributed by atoms with E-state index in [2.05, 4.69) is 15.3 Å². The van der Waals surface area contributed by atoms with Crippen molar-refractivity contribution >= 4 is 0 Å². The van der Waals surface area contributed by atoms with Crippen molar-refractivity contribution in [3.8, 4) is 11.5 Å². The Bertz CT molecular complexity index is 420. The van der Waals surface area contributed by atoms with Crippen molar-refractivity contribution in [2.45, 2.75) is 13.3 Å². The molecule has 6 nitrogen and oxygen atoms in total. The lowest BCUT2D eigenvalue weighted by atomic mass is 10.3. The van der Waals surface area contributed by atoms with Gasteiger partial charge in [0.05, 0.1) is 6.20 Å². The second-order valence-corrected chi connectivity index (χ2v) is 2.85. The Morgan fingerprint density at radius 1 is 1.43 bits per heavy atom. The molecule has 0 fully saturated rings. The number of hydrogen-bond acceptors (Lipinski definition) is 6. The van der Waals surface area contributed by atoms with E-state index in [9.17, 15) is 0 Å². The average molecular weight is 194 g/mol. The maximum atomic E-state index is 5.37. The number of hydrogen-bond donors (Lipinski definition) is 1. The molecule has 0 radical (unpaired) electrons. The Morgan fingerprint density at radius 3 is 2.93 bits per heavy atom.